The molecular weight excluding hydrogens is 346 g/mol. The van der Waals surface area contributed by atoms with Crippen molar-refractivity contribution in [1.82, 2.24) is 9.97 Å². The van der Waals surface area contributed by atoms with Gasteiger partial charge in [0.05, 0.1) is 28.6 Å². The summed E-state index contributed by atoms with van der Waals surface area (Å²) in [6, 6.07) is 17.5. The number of anilines is 1. The second kappa shape index (κ2) is 7.11. The molecule has 0 bridgehead atoms. The maximum Gasteiger partial charge on any atom is 0.305 e. The van der Waals surface area contributed by atoms with E-state index in [9.17, 15) is 9.90 Å². The van der Waals surface area contributed by atoms with Crippen molar-refractivity contribution in [2.24, 2.45) is 0 Å². The molecule has 2 aromatic carbocycles. The molecule has 0 fully saturated rings. The number of pyridine rings is 1. The molecule has 0 spiro atoms. The van der Waals surface area contributed by atoms with Crippen LogP contribution in [0, 0.1) is 0 Å². The topological polar surface area (TPSA) is 78.0 Å². The molecule has 2 heterocycles. The zero-order chi connectivity index (χ0) is 17.9. The van der Waals surface area contributed by atoms with Crippen molar-refractivity contribution in [1.29, 1.82) is 0 Å². The number of benzene rings is 2. The zero-order valence-electron chi connectivity index (χ0n) is 13.8. The van der Waals surface area contributed by atoms with Crippen LogP contribution < -0.4 is 10.2 Å². The molecule has 0 saturated heterocycles. The Morgan fingerprint density at radius 1 is 1.08 bits per heavy atom. The molecule has 26 heavy (non-hydrogen) atoms. The van der Waals surface area contributed by atoms with E-state index in [0.717, 1.165) is 32.6 Å². The Kier molecular flexibility index (Phi) is 4.51. The van der Waals surface area contributed by atoms with Gasteiger partial charge in [-0.05, 0) is 29.3 Å². The molecule has 0 saturated carbocycles. The number of aromatic nitrogens is 2. The fourth-order valence-electron chi connectivity index (χ4n) is 2.92. The van der Waals surface area contributed by atoms with Crippen LogP contribution in [0.5, 0.6) is 0 Å². The number of hydrogen-bond donors (Lipinski definition) is 3. The Hall–Kier alpha value is -2.96. The Bertz CT molecular complexity index is 1090. The second-order valence-electron chi connectivity index (χ2n) is 5.98. The number of H-pyrrole nitrogens is 1. The van der Waals surface area contributed by atoms with Crippen molar-refractivity contribution >= 4 is 27.2 Å². The number of thiazole rings is 1. The number of aliphatic hydroxyl groups excluding tert-OH is 1. The lowest BCUT2D eigenvalue weighted by molar-refractivity contribution is 0.276. The van der Waals surface area contributed by atoms with Gasteiger partial charge in [0.15, 0.2) is 0 Å². The number of hydrogen-bond acceptors (Lipinski definition) is 5. The van der Waals surface area contributed by atoms with E-state index in [1.165, 1.54) is 11.3 Å². The number of rotatable bonds is 5. The molecule has 0 aliphatic heterocycles. The van der Waals surface area contributed by atoms with E-state index in [4.69, 9.17) is 0 Å². The smallest absolute Gasteiger partial charge is 0.305 e. The molecule has 0 unspecified atom stereocenters. The molecule has 0 amide bonds. The lowest BCUT2D eigenvalue weighted by Gasteiger charge is -2.18. The van der Waals surface area contributed by atoms with Crippen molar-refractivity contribution in [3.8, 4) is 11.1 Å². The molecule has 1 atom stereocenters. The molecule has 5 nitrogen and oxygen atoms in total. The fourth-order valence-corrected chi connectivity index (χ4v) is 3.70. The van der Waals surface area contributed by atoms with Gasteiger partial charge in [0.2, 0.25) is 0 Å². The quantitative estimate of drug-likeness (QED) is 0.504. The van der Waals surface area contributed by atoms with Crippen LogP contribution in [0.25, 0.3) is 21.3 Å². The third kappa shape index (κ3) is 3.37. The van der Waals surface area contributed by atoms with Crippen molar-refractivity contribution in [3.63, 3.8) is 0 Å². The lowest BCUT2D eigenvalue weighted by atomic mass is 10.1. The van der Waals surface area contributed by atoms with Gasteiger partial charge >= 0.3 is 4.87 Å². The summed E-state index contributed by atoms with van der Waals surface area (Å²) in [6.45, 7) is -0.0164. The Labute approximate surface area is 154 Å². The van der Waals surface area contributed by atoms with E-state index in [2.05, 4.69) is 15.3 Å². The fraction of sp³-hybridized carbons (Fsp3) is 0.100. The summed E-state index contributed by atoms with van der Waals surface area (Å²) in [7, 11) is 0. The predicted octanol–water partition coefficient (Wildman–Crippen LogP) is 3.80. The summed E-state index contributed by atoms with van der Waals surface area (Å²) in [6.07, 6.45) is 3.53. The van der Waals surface area contributed by atoms with Crippen LogP contribution in [-0.2, 0) is 0 Å². The van der Waals surface area contributed by atoms with Gasteiger partial charge in [0, 0.05) is 18.0 Å². The van der Waals surface area contributed by atoms with Crippen molar-refractivity contribution in [2.45, 2.75) is 6.04 Å². The van der Waals surface area contributed by atoms with E-state index in [0.29, 0.717) is 0 Å². The molecular formula is C20H17N3O2S. The third-order valence-electron chi connectivity index (χ3n) is 4.22. The first-order valence-corrected chi connectivity index (χ1v) is 9.05. The van der Waals surface area contributed by atoms with Crippen LogP contribution in [0.3, 0.4) is 0 Å². The predicted molar refractivity (Wildman–Crippen MR) is 106 cm³/mol. The van der Waals surface area contributed by atoms with Gasteiger partial charge in [0.25, 0.3) is 0 Å². The Balaban J connectivity index is 1.64. The first kappa shape index (κ1) is 16.5. The van der Waals surface area contributed by atoms with Gasteiger partial charge in [-0.25, -0.2) is 0 Å². The molecule has 0 radical (unpaired) electrons. The first-order valence-electron chi connectivity index (χ1n) is 8.23. The minimum Gasteiger partial charge on any atom is -0.394 e. The average Bonchev–Trinajstić information content (AvgIpc) is 3.06. The maximum absolute atomic E-state index is 11.5. The summed E-state index contributed by atoms with van der Waals surface area (Å²) in [4.78, 5) is 18.6. The maximum atomic E-state index is 11.5. The van der Waals surface area contributed by atoms with Gasteiger partial charge in [0.1, 0.15) is 0 Å². The Morgan fingerprint density at radius 3 is 2.73 bits per heavy atom. The number of aromatic amines is 1. The molecule has 4 aromatic rings. The molecule has 2 aromatic heterocycles. The summed E-state index contributed by atoms with van der Waals surface area (Å²) in [5, 5.41) is 13.1. The highest BCUT2D eigenvalue weighted by Crippen LogP contribution is 2.27. The van der Waals surface area contributed by atoms with Gasteiger partial charge in [-0.2, -0.15) is 0 Å². The zero-order valence-corrected chi connectivity index (χ0v) is 14.7. The van der Waals surface area contributed by atoms with Gasteiger partial charge in [-0.1, -0.05) is 47.7 Å². The first-order chi connectivity index (χ1) is 12.7. The van der Waals surface area contributed by atoms with Crippen LogP contribution in [0.4, 0.5) is 5.69 Å². The highest BCUT2D eigenvalue weighted by molar-refractivity contribution is 7.16. The molecule has 3 N–H and O–H groups in total. The molecule has 4 rings (SSSR count). The second-order valence-corrected chi connectivity index (χ2v) is 6.99. The highest BCUT2D eigenvalue weighted by Gasteiger charge is 2.11. The monoisotopic (exact) mass is 363 g/mol. The van der Waals surface area contributed by atoms with Gasteiger partial charge in [-0.15, -0.1) is 0 Å². The molecule has 0 aliphatic carbocycles. The average molecular weight is 363 g/mol. The molecule has 6 heteroatoms. The van der Waals surface area contributed by atoms with Crippen LogP contribution in [0.15, 0.2) is 71.8 Å². The van der Waals surface area contributed by atoms with Gasteiger partial charge < -0.3 is 15.4 Å². The van der Waals surface area contributed by atoms with Crippen LogP contribution in [0.2, 0.25) is 0 Å². The van der Waals surface area contributed by atoms with E-state index < -0.39 is 0 Å². The third-order valence-corrected chi connectivity index (χ3v) is 5.06. The van der Waals surface area contributed by atoms with Crippen molar-refractivity contribution in [3.05, 3.63) is 82.2 Å². The molecule has 0 aliphatic rings. The summed E-state index contributed by atoms with van der Waals surface area (Å²) >= 11 is 1.20. The summed E-state index contributed by atoms with van der Waals surface area (Å²) < 4.78 is 0.920. The van der Waals surface area contributed by atoms with Crippen molar-refractivity contribution < 1.29 is 5.11 Å². The number of nitrogens with zero attached hydrogens (tertiary/aromatic N) is 1. The van der Waals surface area contributed by atoms with Crippen LogP contribution in [-0.4, -0.2) is 21.7 Å². The van der Waals surface area contributed by atoms with E-state index in [-0.39, 0.29) is 17.5 Å². The van der Waals surface area contributed by atoms with Crippen molar-refractivity contribution in [2.75, 3.05) is 11.9 Å². The van der Waals surface area contributed by atoms with E-state index >= 15 is 0 Å². The molecule has 130 valence electrons. The van der Waals surface area contributed by atoms with Gasteiger partial charge in [-0.3, -0.25) is 9.78 Å². The standard InChI is InChI=1S/C20H17N3O2S/c24-12-18(13-4-2-1-3-5-13)22-16-8-15(10-21-11-16)14-6-7-17-19(9-14)26-20(25)23-17/h1-11,18,22,24H,12H2,(H,23,25)/t18-/m0/s1. The summed E-state index contributed by atoms with van der Waals surface area (Å²) in [5.41, 5.74) is 4.62. The van der Waals surface area contributed by atoms with E-state index in [1.807, 2.05) is 54.6 Å². The lowest BCUT2D eigenvalue weighted by Crippen LogP contribution is -2.14. The largest absolute Gasteiger partial charge is 0.394 e. The minimum absolute atomic E-state index is 0.0164. The SMILES string of the molecule is O=c1[nH]c2ccc(-c3cncc(N[C@@H](CO)c4ccccc4)c3)cc2s1. The number of aliphatic hydroxyl groups is 1. The van der Waals surface area contributed by atoms with Crippen LogP contribution in [0.1, 0.15) is 11.6 Å². The number of fused-ring (bicyclic) bond motifs is 1. The van der Waals surface area contributed by atoms with Crippen LogP contribution >= 0.6 is 11.3 Å². The minimum atomic E-state index is -0.203. The Morgan fingerprint density at radius 2 is 1.92 bits per heavy atom. The normalized spacial score (nSPS) is 12.2. The summed E-state index contributed by atoms with van der Waals surface area (Å²) in [5.74, 6) is 0. The highest BCUT2D eigenvalue weighted by atomic mass is 32.1. The number of nitrogens with one attached hydrogen (secondary N) is 2. The van der Waals surface area contributed by atoms with E-state index in [1.54, 1.807) is 12.4 Å².